The number of benzene rings is 1. The second-order valence-electron chi connectivity index (χ2n) is 4.94. The van der Waals surface area contributed by atoms with Crippen molar-refractivity contribution in [2.75, 3.05) is 13.1 Å². The summed E-state index contributed by atoms with van der Waals surface area (Å²) in [7, 11) is 0. The molecule has 0 aliphatic carbocycles. The molecule has 1 saturated heterocycles. The van der Waals surface area contributed by atoms with E-state index < -0.39 is 0 Å². The number of rotatable bonds is 3. The van der Waals surface area contributed by atoms with Crippen LogP contribution in [0.15, 0.2) is 53.1 Å². The molecule has 2 heterocycles. The lowest BCUT2D eigenvalue weighted by Gasteiger charge is -2.17. The van der Waals surface area contributed by atoms with Crippen LogP contribution in [0.3, 0.4) is 0 Å². The highest BCUT2D eigenvalue weighted by atomic mass is 79.9. The summed E-state index contributed by atoms with van der Waals surface area (Å²) >= 11 is 3.42. The van der Waals surface area contributed by atoms with Gasteiger partial charge >= 0.3 is 0 Å². The van der Waals surface area contributed by atoms with E-state index in [0.29, 0.717) is 19.0 Å². The molecule has 2 aromatic rings. The van der Waals surface area contributed by atoms with E-state index in [0.717, 1.165) is 16.5 Å². The minimum atomic E-state index is -0.0103. The van der Waals surface area contributed by atoms with Crippen molar-refractivity contribution in [3.63, 3.8) is 0 Å². The van der Waals surface area contributed by atoms with Gasteiger partial charge in [-0.3, -0.25) is 4.79 Å². The van der Waals surface area contributed by atoms with Crippen LogP contribution in [0.4, 0.5) is 0 Å². The Morgan fingerprint density at radius 3 is 2.81 bits per heavy atom. The number of halogens is 1. The minimum Gasteiger partial charge on any atom is -0.472 e. The van der Waals surface area contributed by atoms with Crippen LogP contribution in [0.25, 0.3) is 0 Å². The number of carbonyl (C=O) groups excluding carboxylic acids is 1. The number of hydrogen-bond donors (Lipinski definition) is 0. The lowest BCUT2D eigenvalue weighted by molar-refractivity contribution is 0.0771. The highest BCUT2D eigenvalue weighted by molar-refractivity contribution is 9.10. The third-order valence-corrected chi connectivity index (χ3v) is 4.06. The largest absolute Gasteiger partial charge is 0.472 e. The van der Waals surface area contributed by atoms with E-state index in [2.05, 4.69) is 20.9 Å². The molecule has 0 spiro atoms. The predicted molar refractivity (Wildman–Crippen MR) is 83.3 cm³/mol. The van der Waals surface area contributed by atoms with Gasteiger partial charge < -0.3 is 9.64 Å². The lowest BCUT2D eigenvalue weighted by atomic mass is 10.2. The number of likely N-dealkylation sites (tertiary alicyclic amines) is 1. The van der Waals surface area contributed by atoms with E-state index in [4.69, 9.17) is 4.74 Å². The summed E-state index contributed by atoms with van der Waals surface area (Å²) in [5, 5.41) is 0. The SMILES string of the molecule is O=C(c1ccccc1)N1CCC(Oc2ncccc2Br)C1. The molecule has 1 unspecified atom stereocenters. The Labute approximate surface area is 131 Å². The molecule has 3 rings (SSSR count). The Hall–Kier alpha value is -1.88. The monoisotopic (exact) mass is 346 g/mol. The molecule has 0 bridgehead atoms. The number of hydrogen-bond acceptors (Lipinski definition) is 3. The van der Waals surface area contributed by atoms with E-state index in [1.807, 2.05) is 47.4 Å². The molecular formula is C16H15BrN2O2. The maximum atomic E-state index is 12.4. The van der Waals surface area contributed by atoms with Crippen molar-refractivity contribution >= 4 is 21.8 Å². The molecule has 4 nitrogen and oxygen atoms in total. The summed E-state index contributed by atoms with van der Waals surface area (Å²) in [6.07, 6.45) is 2.51. The zero-order valence-corrected chi connectivity index (χ0v) is 13.0. The quantitative estimate of drug-likeness (QED) is 0.857. The average molecular weight is 347 g/mol. The van der Waals surface area contributed by atoms with E-state index in [9.17, 15) is 4.79 Å². The summed E-state index contributed by atoms with van der Waals surface area (Å²) < 4.78 is 6.70. The number of pyridine rings is 1. The van der Waals surface area contributed by atoms with Crippen LogP contribution in [-0.2, 0) is 0 Å². The molecular weight excluding hydrogens is 332 g/mol. The van der Waals surface area contributed by atoms with Gasteiger partial charge in [-0.25, -0.2) is 4.98 Å². The van der Waals surface area contributed by atoms with Crippen LogP contribution in [-0.4, -0.2) is 35.0 Å². The molecule has 1 atom stereocenters. The molecule has 1 aromatic carbocycles. The van der Waals surface area contributed by atoms with Crippen molar-refractivity contribution in [2.24, 2.45) is 0 Å². The number of nitrogens with zero attached hydrogens (tertiary/aromatic N) is 2. The van der Waals surface area contributed by atoms with Gasteiger partial charge in [0, 0.05) is 24.7 Å². The predicted octanol–water partition coefficient (Wildman–Crippen LogP) is 3.14. The fraction of sp³-hybridized carbons (Fsp3) is 0.250. The molecule has 0 saturated carbocycles. The fourth-order valence-electron chi connectivity index (χ4n) is 2.39. The topological polar surface area (TPSA) is 42.4 Å². The molecule has 1 aliphatic rings. The van der Waals surface area contributed by atoms with Crippen molar-refractivity contribution in [3.05, 3.63) is 58.7 Å². The second-order valence-corrected chi connectivity index (χ2v) is 5.79. The molecule has 1 aliphatic heterocycles. The fourth-order valence-corrected chi connectivity index (χ4v) is 2.74. The van der Waals surface area contributed by atoms with Gasteiger partial charge in [-0.1, -0.05) is 18.2 Å². The number of aromatic nitrogens is 1. The van der Waals surface area contributed by atoms with Gasteiger partial charge in [0.1, 0.15) is 6.10 Å². The van der Waals surface area contributed by atoms with Gasteiger partial charge in [0.2, 0.25) is 5.88 Å². The van der Waals surface area contributed by atoms with Gasteiger partial charge in [-0.15, -0.1) is 0 Å². The zero-order valence-electron chi connectivity index (χ0n) is 11.4. The van der Waals surface area contributed by atoms with Crippen LogP contribution in [0.5, 0.6) is 5.88 Å². The van der Waals surface area contributed by atoms with Crippen molar-refractivity contribution in [1.29, 1.82) is 0 Å². The van der Waals surface area contributed by atoms with Crippen molar-refractivity contribution < 1.29 is 9.53 Å². The Morgan fingerprint density at radius 1 is 1.24 bits per heavy atom. The van der Waals surface area contributed by atoms with Crippen molar-refractivity contribution in [3.8, 4) is 5.88 Å². The standard InChI is InChI=1S/C16H15BrN2O2/c17-14-7-4-9-18-15(14)21-13-8-10-19(11-13)16(20)12-5-2-1-3-6-12/h1-7,9,13H,8,10-11H2. The first kappa shape index (κ1) is 14.1. The van der Waals surface area contributed by atoms with Gasteiger partial charge in [-0.05, 0) is 40.2 Å². The maximum absolute atomic E-state index is 12.4. The first-order chi connectivity index (χ1) is 10.2. The van der Waals surface area contributed by atoms with Crippen LogP contribution in [0.2, 0.25) is 0 Å². The van der Waals surface area contributed by atoms with E-state index in [1.54, 1.807) is 6.20 Å². The van der Waals surface area contributed by atoms with E-state index in [1.165, 1.54) is 0 Å². The Balaban J connectivity index is 1.63. The van der Waals surface area contributed by atoms with Crippen LogP contribution >= 0.6 is 15.9 Å². The minimum absolute atomic E-state index is 0.0103. The van der Waals surface area contributed by atoms with E-state index in [-0.39, 0.29) is 12.0 Å². The number of amides is 1. The van der Waals surface area contributed by atoms with Gasteiger partial charge in [0.05, 0.1) is 11.0 Å². The molecule has 21 heavy (non-hydrogen) atoms. The molecule has 1 amide bonds. The smallest absolute Gasteiger partial charge is 0.253 e. The molecule has 0 radical (unpaired) electrons. The third kappa shape index (κ3) is 3.24. The molecule has 1 aromatic heterocycles. The number of carbonyl (C=O) groups is 1. The van der Waals surface area contributed by atoms with Gasteiger partial charge in [-0.2, -0.15) is 0 Å². The maximum Gasteiger partial charge on any atom is 0.253 e. The third-order valence-electron chi connectivity index (χ3n) is 3.46. The summed E-state index contributed by atoms with van der Waals surface area (Å²) in [5.41, 5.74) is 0.720. The molecule has 108 valence electrons. The first-order valence-electron chi connectivity index (χ1n) is 6.85. The van der Waals surface area contributed by atoms with Crippen molar-refractivity contribution in [2.45, 2.75) is 12.5 Å². The van der Waals surface area contributed by atoms with Crippen LogP contribution in [0.1, 0.15) is 16.8 Å². The van der Waals surface area contributed by atoms with E-state index >= 15 is 0 Å². The molecule has 0 N–H and O–H groups in total. The molecule has 1 fully saturated rings. The first-order valence-corrected chi connectivity index (χ1v) is 7.65. The summed E-state index contributed by atoms with van der Waals surface area (Å²) in [6, 6.07) is 13.1. The number of ether oxygens (including phenoxy) is 1. The Kier molecular flexibility index (Phi) is 4.20. The highest BCUT2D eigenvalue weighted by Gasteiger charge is 2.28. The Morgan fingerprint density at radius 2 is 2.05 bits per heavy atom. The zero-order chi connectivity index (χ0) is 14.7. The van der Waals surface area contributed by atoms with Crippen LogP contribution in [0, 0.1) is 0 Å². The van der Waals surface area contributed by atoms with Crippen LogP contribution < -0.4 is 4.74 Å². The van der Waals surface area contributed by atoms with Crippen molar-refractivity contribution in [1.82, 2.24) is 9.88 Å². The Bertz CT molecular complexity index is 633. The highest BCUT2D eigenvalue weighted by Crippen LogP contribution is 2.25. The molecule has 5 heteroatoms. The summed E-state index contributed by atoms with van der Waals surface area (Å²) in [4.78, 5) is 18.4. The van der Waals surface area contributed by atoms with Gasteiger partial charge in [0.25, 0.3) is 5.91 Å². The van der Waals surface area contributed by atoms with Gasteiger partial charge in [0.15, 0.2) is 0 Å². The lowest BCUT2D eigenvalue weighted by Crippen LogP contribution is -2.31. The normalized spacial score (nSPS) is 17.8. The summed E-state index contributed by atoms with van der Waals surface area (Å²) in [6.45, 7) is 1.31. The summed E-state index contributed by atoms with van der Waals surface area (Å²) in [5.74, 6) is 0.637. The second kappa shape index (κ2) is 6.26. The average Bonchev–Trinajstić information content (AvgIpc) is 2.98.